The van der Waals surface area contributed by atoms with Crippen LogP contribution in [0.1, 0.15) is 29.8 Å². The Morgan fingerprint density at radius 3 is 2.91 bits per heavy atom. The highest BCUT2D eigenvalue weighted by Crippen LogP contribution is 2.34. The van der Waals surface area contributed by atoms with Crippen LogP contribution in [0, 0.1) is 11.7 Å². The van der Waals surface area contributed by atoms with Crippen LogP contribution in [-0.4, -0.2) is 28.6 Å². The Bertz CT molecular complexity index is 670. The van der Waals surface area contributed by atoms with Crippen molar-refractivity contribution in [1.29, 1.82) is 0 Å². The lowest BCUT2D eigenvalue weighted by molar-refractivity contribution is 0.0920. The maximum Gasteiger partial charge on any atom is 0.271 e. The molecule has 1 aliphatic carbocycles. The minimum absolute atomic E-state index is 0.00360. The molecule has 1 saturated carbocycles. The molecule has 1 atom stereocenters. The van der Waals surface area contributed by atoms with Crippen LogP contribution in [0.15, 0.2) is 29.6 Å². The van der Waals surface area contributed by atoms with Crippen molar-refractivity contribution in [3.8, 4) is 10.6 Å². The van der Waals surface area contributed by atoms with E-state index in [1.807, 2.05) is 0 Å². The van der Waals surface area contributed by atoms with Crippen molar-refractivity contribution in [2.45, 2.75) is 25.3 Å². The van der Waals surface area contributed by atoms with Crippen molar-refractivity contribution in [1.82, 2.24) is 10.3 Å². The number of nitrogens with one attached hydrogen (secondary N) is 1. The molecule has 4 nitrogen and oxygen atoms in total. The van der Waals surface area contributed by atoms with E-state index >= 15 is 0 Å². The third-order valence-electron chi connectivity index (χ3n) is 3.79. The normalized spacial score (nSPS) is 15.5. The van der Waals surface area contributed by atoms with Gasteiger partial charge >= 0.3 is 0 Å². The third-order valence-corrected chi connectivity index (χ3v) is 4.66. The van der Waals surface area contributed by atoms with Gasteiger partial charge in [0.25, 0.3) is 5.91 Å². The van der Waals surface area contributed by atoms with Gasteiger partial charge in [-0.05, 0) is 37.3 Å². The maximum absolute atomic E-state index is 13.7. The largest absolute Gasteiger partial charge is 0.396 e. The number of halogens is 1. The number of aromatic nitrogens is 1. The third kappa shape index (κ3) is 3.34. The van der Waals surface area contributed by atoms with Crippen LogP contribution >= 0.6 is 11.3 Å². The van der Waals surface area contributed by atoms with Gasteiger partial charge in [-0.3, -0.25) is 4.79 Å². The van der Waals surface area contributed by atoms with E-state index in [0.717, 1.165) is 12.8 Å². The molecule has 0 spiro atoms. The highest BCUT2D eigenvalue weighted by molar-refractivity contribution is 7.13. The average molecular weight is 320 g/mol. The molecule has 6 heteroatoms. The summed E-state index contributed by atoms with van der Waals surface area (Å²) in [4.78, 5) is 16.5. The number of rotatable bonds is 6. The van der Waals surface area contributed by atoms with E-state index in [0.29, 0.717) is 28.6 Å². The molecule has 1 heterocycles. The van der Waals surface area contributed by atoms with Gasteiger partial charge in [0.15, 0.2) is 0 Å². The molecular formula is C16H17FN2O2S. The predicted molar refractivity (Wildman–Crippen MR) is 83.2 cm³/mol. The first-order valence-electron chi connectivity index (χ1n) is 7.31. The Morgan fingerprint density at radius 1 is 1.45 bits per heavy atom. The number of nitrogens with zero attached hydrogens (tertiary/aromatic N) is 1. The summed E-state index contributed by atoms with van der Waals surface area (Å²) in [6.07, 6.45) is 2.73. The van der Waals surface area contributed by atoms with E-state index in [9.17, 15) is 9.18 Å². The van der Waals surface area contributed by atoms with Crippen molar-refractivity contribution in [2.24, 2.45) is 5.92 Å². The molecular weight excluding hydrogens is 303 g/mol. The van der Waals surface area contributed by atoms with E-state index in [2.05, 4.69) is 10.3 Å². The van der Waals surface area contributed by atoms with E-state index in [4.69, 9.17) is 5.11 Å². The molecule has 3 rings (SSSR count). The minimum Gasteiger partial charge on any atom is -0.396 e. The van der Waals surface area contributed by atoms with E-state index < -0.39 is 0 Å². The highest BCUT2D eigenvalue weighted by Gasteiger charge is 2.32. The number of aliphatic hydroxyl groups excluding tert-OH is 1. The second-order valence-corrected chi connectivity index (χ2v) is 6.31. The highest BCUT2D eigenvalue weighted by atomic mass is 32.1. The average Bonchev–Trinajstić information content (AvgIpc) is 3.24. The van der Waals surface area contributed by atoms with Crippen molar-refractivity contribution < 1.29 is 14.3 Å². The summed E-state index contributed by atoms with van der Waals surface area (Å²) in [6, 6.07) is 6.38. The number of thiazole rings is 1. The molecule has 1 fully saturated rings. The number of benzene rings is 1. The number of amides is 1. The fraction of sp³-hybridized carbons (Fsp3) is 0.375. The van der Waals surface area contributed by atoms with Gasteiger partial charge in [-0.25, -0.2) is 9.37 Å². The predicted octanol–water partition coefficient (Wildman–Crippen LogP) is 2.84. The topological polar surface area (TPSA) is 62.2 Å². The quantitative estimate of drug-likeness (QED) is 0.860. The lowest BCUT2D eigenvalue weighted by atomic mass is 10.1. The molecule has 1 aromatic heterocycles. The van der Waals surface area contributed by atoms with Gasteiger partial charge in [0.2, 0.25) is 0 Å². The number of carbonyl (C=O) groups is 1. The Morgan fingerprint density at radius 2 is 2.23 bits per heavy atom. The van der Waals surface area contributed by atoms with Crippen LogP contribution in [0.5, 0.6) is 0 Å². The fourth-order valence-electron chi connectivity index (χ4n) is 2.44. The van der Waals surface area contributed by atoms with Gasteiger partial charge in [-0.15, -0.1) is 11.3 Å². The van der Waals surface area contributed by atoms with Crippen LogP contribution in [0.3, 0.4) is 0 Å². The summed E-state index contributed by atoms with van der Waals surface area (Å²) in [5, 5.41) is 14.1. The monoisotopic (exact) mass is 320 g/mol. The SMILES string of the molecule is O=C(NC(CCO)C1CC1)c1csc(-c2ccccc2F)n1. The number of hydrogen-bond donors (Lipinski definition) is 2. The summed E-state index contributed by atoms with van der Waals surface area (Å²) in [6.45, 7) is 0.0546. The molecule has 2 N–H and O–H groups in total. The van der Waals surface area contributed by atoms with E-state index in [-0.39, 0.29) is 24.4 Å². The van der Waals surface area contributed by atoms with Gasteiger partial charge in [0.1, 0.15) is 16.5 Å². The fourth-order valence-corrected chi connectivity index (χ4v) is 3.27. The lowest BCUT2D eigenvalue weighted by Gasteiger charge is -2.16. The standard InChI is InChI=1S/C16H17FN2O2S/c17-12-4-2-1-3-11(12)16-19-14(9-22-16)15(21)18-13(7-8-20)10-5-6-10/h1-4,9-10,13,20H,5-8H2,(H,18,21). The Hall–Kier alpha value is -1.79. The van der Waals surface area contributed by atoms with Crippen LogP contribution in [0.4, 0.5) is 4.39 Å². The zero-order valence-electron chi connectivity index (χ0n) is 12.0. The molecule has 1 aliphatic rings. The van der Waals surface area contributed by atoms with Gasteiger partial charge in [0.05, 0.1) is 0 Å². The smallest absolute Gasteiger partial charge is 0.271 e. The van der Waals surface area contributed by atoms with E-state index in [1.165, 1.54) is 17.4 Å². The molecule has 1 unspecified atom stereocenters. The lowest BCUT2D eigenvalue weighted by Crippen LogP contribution is -2.37. The van der Waals surface area contributed by atoms with Crippen molar-refractivity contribution >= 4 is 17.2 Å². The zero-order chi connectivity index (χ0) is 15.5. The molecule has 0 bridgehead atoms. The van der Waals surface area contributed by atoms with Crippen molar-refractivity contribution in [3.05, 3.63) is 41.2 Å². The second-order valence-electron chi connectivity index (χ2n) is 5.45. The maximum atomic E-state index is 13.7. The van der Waals surface area contributed by atoms with Crippen LogP contribution in [0.2, 0.25) is 0 Å². The van der Waals surface area contributed by atoms with Crippen molar-refractivity contribution in [3.63, 3.8) is 0 Å². The minimum atomic E-state index is -0.347. The molecule has 0 radical (unpaired) electrons. The zero-order valence-corrected chi connectivity index (χ0v) is 12.8. The number of hydrogen-bond acceptors (Lipinski definition) is 4. The van der Waals surface area contributed by atoms with Gasteiger partial charge in [0, 0.05) is 23.6 Å². The number of aliphatic hydroxyl groups is 1. The molecule has 1 aromatic carbocycles. The first-order chi connectivity index (χ1) is 10.7. The molecule has 1 amide bonds. The summed E-state index contributed by atoms with van der Waals surface area (Å²) in [5.74, 6) is -0.148. The Labute approximate surface area is 132 Å². The molecule has 0 aliphatic heterocycles. The summed E-state index contributed by atoms with van der Waals surface area (Å²) >= 11 is 1.25. The van der Waals surface area contributed by atoms with Gasteiger partial charge < -0.3 is 10.4 Å². The van der Waals surface area contributed by atoms with Crippen LogP contribution in [0.25, 0.3) is 10.6 Å². The van der Waals surface area contributed by atoms with Crippen LogP contribution in [-0.2, 0) is 0 Å². The number of carbonyl (C=O) groups excluding carboxylic acids is 1. The van der Waals surface area contributed by atoms with E-state index in [1.54, 1.807) is 23.6 Å². The molecule has 116 valence electrons. The van der Waals surface area contributed by atoms with Gasteiger partial charge in [-0.1, -0.05) is 12.1 Å². The van der Waals surface area contributed by atoms with Crippen LogP contribution < -0.4 is 5.32 Å². The first-order valence-corrected chi connectivity index (χ1v) is 8.19. The summed E-state index contributed by atoms with van der Waals surface area (Å²) < 4.78 is 13.7. The first kappa shape index (κ1) is 15.1. The van der Waals surface area contributed by atoms with Gasteiger partial charge in [-0.2, -0.15) is 0 Å². The molecule has 22 heavy (non-hydrogen) atoms. The summed E-state index contributed by atoms with van der Waals surface area (Å²) in [7, 11) is 0. The van der Waals surface area contributed by atoms with Crippen molar-refractivity contribution in [2.75, 3.05) is 6.61 Å². The second kappa shape index (κ2) is 6.54. The Kier molecular flexibility index (Phi) is 4.49. The Balaban J connectivity index is 1.73. The summed E-state index contributed by atoms with van der Waals surface area (Å²) in [5.41, 5.74) is 0.701. The molecule has 0 saturated heterocycles. The molecule has 2 aromatic rings.